The summed E-state index contributed by atoms with van der Waals surface area (Å²) in [6.45, 7) is 1.50. The van der Waals surface area contributed by atoms with Gasteiger partial charge in [0.25, 0.3) is 0 Å². The average molecular weight is 245 g/mol. The molecule has 0 bridgehead atoms. The lowest BCUT2D eigenvalue weighted by Gasteiger charge is -2.15. The van der Waals surface area contributed by atoms with E-state index in [9.17, 15) is 17.6 Å². The Morgan fingerprint density at radius 2 is 2.06 bits per heavy atom. The van der Waals surface area contributed by atoms with Crippen molar-refractivity contribution in [2.75, 3.05) is 13.1 Å². The highest BCUT2D eigenvalue weighted by atomic mass is 19.4. The molecule has 0 radical (unpaired) electrons. The fourth-order valence-electron chi connectivity index (χ4n) is 2.85. The van der Waals surface area contributed by atoms with Gasteiger partial charge in [-0.2, -0.15) is 13.2 Å². The molecule has 1 aliphatic carbocycles. The van der Waals surface area contributed by atoms with Crippen LogP contribution >= 0.6 is 0 Å². The summed E-state index contributed by atoms with van der Waals surface area (Å²) in [7, 11) is 0. The zero-order valence-electron chi connectivity index (χ0n) is 8.94. The number of halogens is 4. The summed E-state index contributed by atoms with van der Waals surface area (Å²) in [5.41, 5.74) is -0.729. The molecule has 92 valence electrons. The van der Waals surface area contributed by atoms with Gasteiger partial charge in [-0.05, 0) is 36.6 Å². The van der Waals surface area contributed by atoms with Gasteiger partial charge in [-0.1, -0.05) is 6.07 Å². The molecular formula is C12H11F4N. The van der Waals surface area contributed by atoms with Crippen LogP contribution in [-0.4, -0.2) is 13.1 Å². The van der Waals surface area contributed by atoms with E-state index in [4.69, 9.17) is 0 Å². The first kappa shape index (κ1) is 11.0. The van der Waals surface area contributed by atoms with E-state index in [1.807, 2.05) is 0 Å². The molecule has 0 amide bonds. The Balaban J connectivity index is 1.98. The first-order chi connectivity index (χ1) is 7.93. The van der Waals surface area contributed by atoms with Crippen molar-refractivity contribution in [3.05, 3.63) is 35.1 Å². The van der Waals surface area contributed by atoms with Crippen molar-refractivity contribution in [2.45, 2.75) is 18.0 Å². The van der Waals surface area contributed by atoms with Crippen molar-refractivity contribution in [3.63, 3.8) is 0 Å². The second-order valence-electron chi connectivity index (χ2n) is 4.88. The first-order valence-corrected chi connectivity index (χ1v) is 5.51. The zero-order chi connectivity index (χ0) is 12.3. The number of hydrogen-bond donors (Lipinski definition) is 1. The Hall–Kier alpha value is -1.10. The van der Waals surface area contributed by atoms with E-state index in [0.29, 0.717) is 24.1 Å². The summed E-state index contributed by atoms with van der Waals surface area (Å²) in [4.78, 5) is 0. The predicted molar refractivity (Wildman–Crippen MR) is 54.1 cm³/mol. The molecule has 2 fully saturated rings. The molecule has 2 aliphatic rings. The maximum absolute atomic E-state index is 13.8. The fraction of sp³-hybridized carbons (Fsp3) is 0.500. The molecular weight excluding hydrogens is 234 g/mol. The lowest BCUT2D eigenvalue weighted by Crippen LogP contribution is -2.20. The molecule has 1 N–H and O–H groups in total. The second kappa shape index (κ2) is 3.22. The van der Waals surface area contributed by atoms with Crippen molar-refractivity contribution in [2.24, 2.45) is 5.92 Å². The molecule has 1 saturated heterocycles. The topological polar surface area (TPSA) is 12.0 Å². The Bertz CT molecular complexity index is 468. The summed E-state index contributed by atoms with van der Waals surface area (Å²) in [6, 6.07) is 2.88. The van der Waals surface area contributed by atoms with Crippen molar-refractivity contribution in [1.82, 2.24) is 5.32 Å². The summed E-state index contributed by atoms with van der Waals surface area (Å²) < 4.78 is 51.0. The van der Waals surface area contributed by atoms with E-state index in [1.165, 1.54) is 6.07 Å². The van der Waals surface area contributed by atoms with Gasteiger partial charge < -0.3 is 5.32 Å². The molecule has 1 unspecified atom stereocenters. The van der Waals surface area contributed by atoms with Crippen molar-refractivity contribution in [3.8, 4) is 0 Å². The van der Waals surface area contributed by atoms with Crippen LogP contribution in [-0.2, 0) is 11.6 Å². The third kappa shape index (κ3) is 1.56. The molecule has 3 rings (SSSR count). The minimum atomic E-state index is -4.48. The van der Waals surface area contributed by atoms with Gasteiger partial charge in [0, 0.05) is 12.0 Å². The minimum absolute atomic E-state index is 0.242. The summed E-state index contributed by atoms with van der Waals surface area (Å²) in [5, 5.41) is 3.14. The predicted octanol–water partition coefficient (Wildman–Crippen LogP) is 2.71. The van der Waals surface area contributed by atoms with Crippen LogP contribution in [0.2, 0.25) is 0 Å². The van der Waals surface area contributed by atoms with Crippen LogP contribution in [0.25, 0.3) is 0 Å². The number of fused-ring (bicyclic) bond motifs is 1. The number of nitrogens with one attached hydrogen (secondary N) is 1. The molecule has 5 heteroatoms. The van der Waals surface area contributed by atoms with Crippen molar-refractivity contribution >= 4 is 0 Å². The number of alkyl halides is 3. The van der Waals surface area contributed by atoms with Gasteiger partial charge >= 0.3 is 6.18 Å². The van der Waals surface area contributed by atoms with Crippen LogP contribution in [0.15, 0.2) is 18.2 Å². The quantitative estimate of drug-likeness (QED) is 0.750. The lowest BCUT2D eigenvalue weighted by molar-refractivity contribution is -0.137. The Kier molecular flexibility index (Phi) is 2.09. The highest BCUT2D eigenvalue weighted by Crippen LogP contribution is 2.57. The smallest absolute Gasteiger partial charge is 0.316 e. The van der Waals surface area contributed by atoms with Crippen LogP contribution in [0.1, 0.15) is 17.5 Å². The molecule has 1 aromatic rings. The van der Waals surface area contributed by atoms with E-state index >= 15 is 0 Å². The molecule has 0 spiro atoms. The summed E-state index contributed by atoms with van der Waals surface area (Å²) in [6.07, 6.45) is -3.60. The Labute approximate surface area is 95.8 Å². The minimum Gasteiger partial charge on any atom is -0.316 e. The molecule has 2 atom stereocenters. The van der Waals surface area contributed by atoms with Gasteiger partial charge in [-0.25, -0.2) is 4.39 Å². The first-order valence-electron chi connectivity index (χ1n) is 5.51. The molecule has 17 heavy (non-hydrogen) atoms. The molecule has 1 aromatic carbocycles. The van der Waals surface area contributed by atoms with Crippen molar-refractivity contribution in [1.29, 1.82) is 0 Å². The molecule has 1 nitrogen and oxygen atoms in total. The van der Waals surface area contributed by atoms with Gasteiger partial charge in [0.05, 0.1) is 5.56 Å². The van der Waals surface area contributed by atoms with Crippen LogP contribution in [0.4, 0.5) is 17.6 Å². The third-order valence-electron chi connectivity index (χ3n) is 3.90. The number of rotatable bonds is 1. The number of benzene rings is 1. The van der Waals surface area contributed by atoms with E-state index < -0.39 is 17.6 Å². The van der Waals surface area contributed by atoms with E-state index in [0.717, 1.165) is 19.0 Å². The Morgan fingerprint density at radius 3 is 2.53 bits per heavy atom. The molecule has 1 heterocycles. The van der Waals surface area contributed by atoms with Crippen LogP contribution < -0.4 is 5.32 Å². The highest BCUT2D eigenvalue weighted by Gasteiger charge is 2.59. The van der Waals surface area contributed by atoms with Gasteiger partial charge in [0.15, 0.2) is 0 Å². The van der Waals surface area contributed by atoms with Gasteiger partial charge in [0.2, 0.25) is 0 Å². The van der Waals surface area contributed by atoms with Crippen molar-refractivity contribution < 1.29 is 17.6 Å². The second-order valence-corrected chi connectivity index (χ2v) is 4.88. The van der Waals surface area contributed by atoms with Gasteiger partial charge in [-0.3, -0.25) is 0 Å². The van der Waals surface area contributed by atoms with Crippen LogP contribution in [0, 0.1) is 11.7 Å². The highest BCUT2D eigenvalue weighted by molar-refractivity contribution is 5.40. The van der Waals surface area contributed by atoms with Gasteiger partial charge in [-0.15, -0.1) is 0 Å². The molecule has 1 aliphatic heterocycles. The zero-order valence-corrected chi connectivity index (χ0v) is 8.94. The SMILES string of the molecule is Fc1cc(C(F)(F)F)ccc1C12CNC[C@@H]1C2. The summed E-state index contributed by atoms with van der Waals surface area (Å²) >= 11 is 0. The maximum atomic E-state index is 13.8. The third-order valence-corrected chi connectivity index (χ3v) is 3.90. The van der Waals surface area contributed by atoms with E-state index in [-0.39, 0.29) is 5.41 Å². The fourth-order valence-corrected chi connectivity index (χ4v) is 2.85. The molecule has 0 aromatic heterocycles. The lowest BCUT2D eigenvalue weighted by atomic mass is 9.93. The average Bonchev–Trinajstić information content (AvgIpc) is 2.80. The monoisotopic (exact) mass is 245 g/mol. The number of piperidine rings is 1. The standard InChI is InChI=1S/C12H11F4N/c13-10-3-7(12(14,15)16)1-2-9(10)11-4-8(11)5-17-6-11/h1-3,8,17H,4-6H2/t8-,11?/m0/s1. The maximum Gasteiger partial charge on any atom is 0.416 e. The largest absolute Gasteiger partial charge is 0.416 e. The Morgan fingerprint density at radius 1 is 1.29 bits per heavy atom. The normalized spacial score (nSPS) is 31.4. The summed E-state index contributed by atoms with van der Waals surface area (Å²) in [5.74, 6) is -0.347. The number of hydrogen-bond acceptors (Lipinski definition) is 1. The van der Waals surface area contributed by atoms with Crippen LogP contribution in [0.5, 0.6) is 0 Å². The van der Waals surface area contributed by atoms with Gasteiger partial charge in [0.1, 0.15) is 5.82 Å². The van der Waals surface area contributed by atoms with E-state index in [2.05, 4.69) is 5.32 Å². The molecule has 1 saturated carbocycles. The van der Waals surface area contributed by atoms with Crippen LogP contribution in [0.3, 0.4) is 0 Å². The van der Waals surface area contributed by atoms with E-state index in [1.54, 1.807) is 0 Å².